The van der Waals surface area contributed by atoms with E-state index in [-0.39, 0.29) is 5.97 Å². The van der Waals surface area contributed by atoms with E-state index in [1.807, 2.05) is 45.0 Å². The predicted octanol–water partition coefficient (Wildman–Crippen LogP) is 3.88. The Bertz CT molecular complexity index is 451. The van der Waals surface area contributed by atoms with Crippen molar-refractivity contribution in [3.8, 4) is 0 Å². The fourth-order valence-electron chi connectivity index (χ4n) is 2.41. The molecule has 0 amide bonds. The Balaban J connectivity index is 2.01. The highest BCUT2D eigenvalue weighted by molar-refractivity contribution is 5.90. The molecule has 1 heterocycles. The number of piperidine rings is 1. The van der Waals surface area contributed by atoms with Crippen LogP contribution in [0.15, 0.2) is 24.3 Å². The number of hydrogen-bond acceptors (Lipinski definition) is 3. The molecule has 0 atom stereocenters. The molecule has 2 rings (SSSR count). The van der Waals surface area contributed by atoms with Crippen molar-refractivity contribution >= 4 is 11.7 Å². The first-order valence-electron chi connectivity index (χ1n) is 7.43. The molecule has 1 aliphatic rings. The molecule has 1 aromatic rings. The zero-order chi connectivity index (χ0) is 14.8. The van der Waals surface area contributed by atoms with E-state index in [0.29, 0.717) is 5.56 Å². The van der Waals surface area contributed by atoms with Crippen molar-refractivity contribution < 1.29 is 9.53 Å². The molecule has 0 aromatic heterocycles. The lowest BCUT2D eigenvalue weighted by molar-refractivity contribution is 0.00696. The highest BCUT2D eigenvalue weighted by atomic mass is 16.6. The molecule has 0 N–H and O–H groups in total. The molecule has 0 saturated carbocycles. The minimum Gasteiger partial charge on any atom is -0.456 e. The molecule has 0 bridgehead atoms. The van der Waals surface area contributed by atoms with Crippen molar-refractivity contribution in [3.05, 3.63) is 29.8 Å². The van der Waals surface area contributed by atoms with Crippen molar-refractivity contribution in [1.29, 1.82) is 0 Å². The highest BCUT2D eigenvalue weighted by Crippen LogP contribution is 2.23. The maximum Gasteiger partial charge on any atom is 0.338 e. The van der Waals surface area contributed by atoms with Crippen LogP contribution in [0.4, 0.5) is 5.69 Å². The van der Waals surface area contributed by atoms with Gasteiger partial charge in [-0.15, -0.1) is 0 Å². The van der Waals surface area contributed by atoms with Crippen molar-refractivity contribution in [2.75, 3.05) is 18.0 Å². The summed E-state index contributed by atoms with van der Waals surface area (Å²) in [5.74, 6) is 0.573. The summed E-state index contributed by atoms with van der Waals surface area (Å²) < 4.78 is 5.37. The maximum absolute atomic E-state index is 12.0. The third-order valence-corrected chi connectivity index (χ3v) is 3.65. The number of nitrogens with zero attached hydrogens (tertiary/aromatic N) is 1. The first-order chi connectivity index (χ1) is 9.35. The Morgan fingerprint density at radius 3 is 2.20 bits per heavy atom. The minimum absolute atomic E-state index is 0.253. The van der Waals surface area contributed by atoms with Gasteiger partial charge in [-0.05, 0) is 63.8 Å². The zero-order valence-electron chi connectivity index (χ0n) is 13.0. The van der Waals surface area contributed by atoms with E-state index in [9.17, 15) is 4.79 Å². The molecule has 0 radical (unpaired) electrons. The number of esters is 1. The summed E-state index contributed by atoms with van der Waals surface area (Å²) in [5.41, 5.74) is 1.37. The second-order valence-corrected chi connectivity index (χ2v) is 6.72. The zero-order valence-corrected chi connectivity index (χ0v) is 13.0. The average molecular weight is 275 g/mol. The monoisotopic (exact) mass is 275 g/mol. The van der Waals surface area contributed by atoms with Gasteiger partial charge in [0, 0.05) is 18.8 Å². The SMILES string of the molecule is CC1CCN(c2ccc(C(=O)OC(C)(C)C)cc2)CC1. The Morgan fingerprint density at radius 1 is 1.15 bits per heavy atom. The second-order valence-electron chi connectivity index (χ2n) is 6.72. The van der Waals surface area contributed by atoms with E-state index in [1.54, 1.807) is 0 Å². The summed E-state index contributed by atoms with van der Waals surface area (Å²) in [6.45, 7) is 10.2. The van der Waals surface area contributed by atoms with E-state index in [4.69, 9.17) is 4.74 Å². The normalized spacial score (nSPS) is 17.1. The van der Waals surface area contributed by atoms with Gasteiger partial charge < -0.3 is 9.64 Å². The summed E-state index contributed by atoms with van der Waals surface area (Å²) in [4.78, 5) is 14.3. The molecule has 110 valence electrons. The van der Waals surface area contributed by atoms with Gasteiger partial charge in [0.25, 0.3) is 0 Å². The van der Waals surface area contributed by atoms with Crippen molar-refractivity contribution in [1.82, 2.24) is 0 Å². The Hall–Kier alpha value is -1.51. The van der Waals surface area contributed by atoms with Gasteiger partial charge in [-0.25, -0.2) is 4.79 Å². The van der Waals surface area contributed by atoms with E-state index in [0.717, 1.165) is 19.0 Å². The number of carbonyl (C=O) groups is 1. The summed E-state index contributed by atoms with van der Waals surface area (Å²) in [7, 11) is 0. The van der Waals surface area contributed by atoms with Crippen molar-refractivity contribution in [3.63, 3.8) is 0 Å². The minimum atomic E-state index is -0.446. The fourth-order valence-corrected chi connectivity index (χ4v) is 2.41. The van der Waals surface area contributed by atoms with Crippen LogP contribution in [0.2, 0.25) is 0 Å². The van der Waals surface area contributed by atoms with Crippen LogP contribution in [0.25, 0.3) is 0 Å². The molecule has 3 nitrogen and oxygen atoms in total. The van der Waals surface area contributed by atoms with E-state index < -0.39 is 5.60 Å². The van der Waals surface area contributed by atoms with E-state index >= 15 is 0 Å². The van der Waals surface area contributed by atoms with Gasteiger partial charge in [0.2, 0.25) is 0 Å². The Morgan fingerprint density at radius 2 is 1.70 bits per heavy atom. The van der Waals surface area contributed by atoms with Crippen LogP contribution in [0.3, 0.4) is 0 Å². The molecule has 1 aliphatic heterocycles. The lowest BCUT2D eigenvalue weighted by Crippen LogP contribution is -2.32. The van der Waals surface area contributed by atoms with Gasteiger partial charge in [-0.3, -0.25) is 0 Å². The van der Waals surface area contributed by atoms with Gasteiger partial charge in [0.05, 0.1) is 5.56 Å². The summed E-state index contributed by atoms with van der Waals surface area (Å²) in [6, 6.07) is 7.77. The van der Waals surface area contributed by atoms with E-state index in [1.165, 1.54) is 18.5 Å². The van der Waals surface area contributed by atoms with Gasteiger partial charge in [-0.2, -0.15) is 0 Å². The van der Waals surface area contributed by atoms with Crippen LogP contribution < -0.4 is 4.90 Å². The summed E-state index contributed by atoms with van der Waals surface area (Å²) in [6.07, 6.45) is 2.49. The third-order valence-electron chi connectivity index (χ3n) is 3.65. The Labute approximate surface area is 121 Å². The summed E-state index contributed by atoms with van der Waals surface area (Å²) in [5, 5.41) is 0. The van der Waals surface area contributed by atoms with Gasteiger partial charge >= 0.3 is 5.97 Å². The Kier molecular flexibility index (Phi) is 4.36. The molecule has 3 heteroatoms. The maximum atomic E-state index is 12.0. The first-order valence-corrected chi connectivity index (χ1v) is 7.43. The largest absolute Gasteiger partial charge is 0.456 e. The predicted molar refractivity (Wildman–Crippen MR) is 82.2 cm³/mol. The topological polar surface area (TPSA) is 29.5 Å². The number of rotatable bonds is 2. The average Bonchev–Trinajstić information content (AvgIpc) is 2.38. The fraction of sp³-hybridized carbons (Fsp3) is 0.588. The van der Waals surface area contributed by atoms with Gasteiger partial charge in [-0.1, -0.05) is 6.92 Å². The molecular formula is C17H25NO2. The quantitative estimate of drug-likeness (QED) is 0.767. The van der Waals surface area contributed by atoms with Crippen LogP contribution in [-0.4, -0.2) is 24.7 Å². The first kappa shape index (κ1) is 14.9. The molecule has 0 aliphatic carbocycles. The smallest absolute Gasteiger partial charge is 0.338 e. The number of benzene rings is 1. The molecule has 1 saturated heterocycles. The van der Waals surface area contributed by atoms with Crippen LogP contribution in [-0.2, 0) is 4.74 Å². The van der Waals surface area contributed by atoms with Crippen molar-refractivity contribution in [2.24, 2.45) is 5.92 Å². The van der Waals surface area contributed by atoms with Crippen LogP contribution in [0.1, 0.15) is 50.9 Å². The van der Waals surface area contributed by atoms with Crippen LogP contribution in [0, 0.1) is 5.92 Å². The van der Waals surface area contributed by atoms with Crippen LogP contribution in [0.5, 0.6) is 0 Å². The van der Waals surface area contributed by atoms with Crippen molar-refractivity contribution in [2.45, 2.75) is 46.1 Å². The van der Waals surface area contributed by atoms with Gasteiger partial charge in [0.1, 0.15) is 5.60 Å². The molecular weight excluding hydrogens is 250 g/mol. The highest BCUT2D eigenvalue weighted by Gasteiger charge is 2.19. The molecule has 1 aromatic carbocycles. The molecule has 0 unspecified atom stereocenters. The lowest BCUT2D eigenvalue weighted by atomic mass is 9.99. The molecule has 20 heavy (non-hydrogen) atoms. The number of carbonyl (C=O) groups excluding carboxylic acids is 1. The molecule has 1 fully saturated rings. The number of ether oxygens (including phenoxy) is 1. The van der Waals surface area contributed by atoms with Crippen LogP contribution >= 0.6 is 0 Å². The number of hydrogen-bond donors (Lipinski definition) is 0. The third kappa shape index (κ3) is 3.99. The molecule has 0 spiro atoms. The van der Waals surface area contributed by atoms with Gasteiger partial charge in [0.15, 0.2) is 0 Å². The standard InChI is InChI=1S/C17H25NO2/c1-13-9-11-18(12-10-13)15-7-5-14(6-8-15)16(19)20-17(2,3)4/h5-8,13H,9-12H2,1-4H3. The lowest BCUT2D eigenvalue weighted by Gasteiger charge is -2.32. The second kappa shape index (κ2) is 5.86. The van der Waals surface area contributed by atoms with E-state index in [2.05, 4.69) is 11.8 Å². The number of anilines is 1. The summed E-state index contributed by atoms with van der Waals surface area (Å²) >= 11 is 0.